The molecule has 0 atom stereocenters. The second kappa shape index (κ2) is 4.75. The van der Waals surface area contributed by atoms with Crippen LogP contribution in [0.3, 0.4) is 0 Å². The summed E-state index contributed by atoms with van der Waals surface area (Å²) in [4.78, 5) is 0. The van der Waals surface area contributed by atoms with Crippen molar-refractivity contribution in [1.82, 2.24) is 15.0 Å². The van der Waals surface area contributed by atoms with Gasteiger partial charge in [0, 0.05) is 6.07 Å². The number of aromatic nitrogens is 3. The first-order valence-corrected chi connectivity index (χ1v) is 5.26. The number of ether oxygens (including phenoxy) is 2. The van der Waals surface area contributed by atoms with Crippen LogP contribution in [0.15, 0.2) is 18.2 Å². The fraction of sp³-hybridized carbons (Fsp3) is 0.250. The summed E-state index contributed by atoms with van der Waals surface area (Å²) < 4.78 is 12.0. The quantitative estimate of drug-likeness (QED) is 0.817. The molecule has 0 bridgehead atoms. The largest absolute Gasteiger partial charge is 0.497 e. The SMILES string of the molecule is COc1ccc(OC)c(-n2nnc(C#N)c2C)c1. The van der Waals surface area contributed by atoms with Crippen LogP contribution in [0.25, 0.3) is 5.69 Å². The number of methoxy groups -OCH3 is 2. The minimum Gasteiger partial charge on any atom is -0.497 e. The van der Waals surface area contributed by atoms with Crippen molar-refractivity contribution < 1.29 is 9.47 Å². The highest BCUT2D eigenvalue weighted by Gasteiger charge is 2.14. The second-order valence-electron chi connectivity index (χ2n) is 3.58. The van der Waals surface area contributed by atoms with Crippen LogP contribution in [0.1, 0.15) is 11.4 Å². The lowest BCUT2D eigenvalue weighted by Gasteiger charge is -2.10. The molecule has 0 spiro atoms. The highest BCUT2D eigenvalue weighted by atomic mass is 16.5. The molecule has 6 nitrogen and oxygen atoms in total. The van der Waals surface area contributed by atoms with Crippen LogP contribution in [-0.4, -0.2) is 29.2 Å². The molecule has 0 fully saturated rings. The van der Waals surface area contributed by atoms with E-state index in [9.17, 15) is 0 Å². The molecule has 1 aromatic carbocycles. The Bertz CT molecular complexity index is 613. The van der Waals surface area contributed by atoms with Crippen molar-refractivity contribution in [3.8, 4) is 23.3 Å². The minimum atomic E-state index is 0.292. The molecule has 0 saturated carbocycles. The molecule has 92 valence electrons. The van der Waals surface area contributed by atoms with Crippen molar-refractivity contribution in [2.45, 2.75) is 6.92 Å². The normalized spacial score (nSPS) is 9.89. The van der Waals surface area contributed by atoms with Gasteiger partial charge >= 0.3 is 0 Å². The van der Waals surface area contributed by atoms with Gasteiger partial charge in [0.05, 0.1) is 19.9 Å². The van der Waals surface area contributed by atoms with Gasteiger partial charge in [-0.2, -0.15) is 5.26 Å². The molecule has 2 aromatic rings. The molecule has 2 rings (SSSR count). The van der Waals surface area contributed by atoms with E-state index in [0.717, 1.165) is 0 Å². The van der Waals surface area contributed by atoms with Gasteiger partial charge in [-0.1, -0.05) is 5.21 Å². The van der Waals surface area contributed by atoms with Crippen LogP contribution in [-0.2, 0) is 0 Å². The highest BCUT2D eigenvalue weighted by molar-refractivity contribution is 5.52. The lowest BCUT2D eigenvalue weighted by molar-refractivity contribution is 0.400. The molecule has 0 radical (unpaired) electrons. The Balaban J connectivity index is 2.61. The van der Waals surface area contributed by atoms with E-state index in [1.165, 1.54) is 0 Å². The third kappa shape index (κ3) is 1.86. The summed E-state index contributed by atoms with van der Waals surface area (Å²) in [5.41, 5.74) is 1.63. The van der Waals surface area contributed by atoms with E-state index >= 15 is 0 Å². The zero-order chi connectivity index (χ0) is 13.1. The molecule has 0 aliphatic heterocycles. The molecule has 0 saturated heterocycles. The summed E-state index contributed by atoms with van der Waals surface area (Å²) in [6, 6.07) is 7.33. The second-order valence-corrected chi connectivity index (χ2v) is 3.58. The Morgan fingerprint density at radius 3 is 2.61 bits per heavy atom. The lowest BCUT2D eigenvalue weighted by Crippen LogP contribution is -2.02. The molecule has 0 N–H and O–H groups in total. The first-order valence-electron chi connectivity index (χ1n) is 5.26. The predicted octanol–water partition coefficient (Wildman–Crippen LogP) is 1.46. The van der Waals surface area contributed by atoms with E-state index in [-0.39, 0.29) is 0 Å². The van der Waals surface area contributed by atoms with E-state index in [2.05, 4.69) is 10.3 Å². The van der Waals surface area contributed by atoms with E-state index in [0.29, 0.717) is 28.6 Å². The van der Waals surface area contributed by atoms with Crippen molar-refractivity contribution in [3.63, 3.8) is 0 Å². The topological polar surface area (TPSA) is 73.0 Å². The van der Waals surface area contributed by atoms with Gasteiger partial charge in [0.15, 0.2) is 5.69 Å². The van der Waals surface area contributed by atoms with Gasteiger partial charge in [-0.15, -0.1) is 5.10 Å². The third-order valence-corrected chi connectivity index (χ3v) is 2.61. The molecule has 0 amide bonds. The van der Waals surface area contributed by atoms with E-state index in [1.807, 2.05) is 6.07 Å². The van der Waals surface area contributed by atoms with Crippen molar-refractivity contribution >= 4 is 0 Å². The van der Waals surface area contributed by atoms with Gasteiger partial charge in [-0.3, -0.25) is 0 Å². The summed E-state index contributed by atoms with van der Waals surface area (Å²) in [7, 11) is 3.16. The van der Waals surface area contributed by atoms with Crippen molar-refractivity contribution in [3.05, 3.63) is 29.6 Å². The molecule has 0 aliphatic rings. The van der Waals surface area contributed by atoms with Gasteiger partial charge in [0.25, 0.3) is 0 Å². The number of hydrogen-bond acceptors (Lipinski definition) is 5. The summed E-state index contributed by atoms with van der Waals surface area (Å²) in [6.45, 7) is 1.78. The van der Waals surface area contributed by atoms with Crippen molar-refractivity contribution in [2.24, 2.45) is 0 Å². The maximum absolute atomic E-state index is 8.88. The van der Waals surface area contributed by atoms with Crippen LogP contribution in [0.2, 0.25) is 0 Å². The fourth-order valence-electron chi connectivity index (χ4n) is 1.62. The van der Waals surface area contributed by atoms with Gasteiger partial charge in [0.1, 0.15) is 23.3 Å². The average Bonchev–Trinajstić information content (AvgIpc) is 2.78. The van der Waals surface area contributed by atoms with Crippen LogP contribution in [0.5, 0.6) is 11.5 Å². The summed E-state index contributed by atoms with van der Waals surface area (Å²) in [5, 5.41) is 16.6. The maximum atomic E-state index is 8.88. The summed E-state index contributed by atoms with van der Waals surface area (Å²) in [6.07, 6.45) is 0. The molecule has 18 heavy (non-hydrogen) atoms. The number of nitriles is 1. The average molecular weight is 244 g/mol. The Morgan fingerprint density at radius 1 is 1.28 bits per heavy atom. The van der Waals surface area contributed by atoms with Gasteiger partial charge in [-0.25, -0.2) is 4.68 Å². The summed E-state index contributed by atoms with van der Waals surface area (Å²) in [5.74, 6) is 1.31. The Labute approximate surface area is 104 Å². The van der Waals surface area contributed by atoms with Crippen LogP contribution < -0.4 is 9.47 Å². The standard InChI is InChI=1S/C12H12N4O2/c1-8-10(7-13)14-15-16(8)11-6-9(17-2)4-5-12(11)18-3/h4-6H,1-3H3. The molecule has 0 unspecified atom stereocenters. The number of rotatable bonds is 3. The predicted molar refractivity (Wildman–Crippen MR) is 63.9 cm³/mol. The molecule has 1 heterocycles. The van der Waals surface area contributed by atoms with E-state index < -0.39 is 0 Å². The third-order valence-electron chi connectivity index (χ3n) is 2.61. The zero-order valence-corrected chi connectivity index (χ0v) is 10.3. The number of nitrogens with zero attached hydrogens (tertiary/aromatic N) is 4. The molecular weight excluding hydrogens is 232 g/mol. The monoisotopic (exact) mass is 244 g/mol. The van der Waals surface area contributed by atoms with Gasteiger partial charge in [0.2, 0.25) is 0 Å². The fourth-order valence-corrected chi connectivity index (χ4v) is 1.62. The van der Waals surface area contributed by atoms with E-state index in [4.69, 9.17) is 14.7 Å². The molecular formula is C12H12N4O2. The molecule has 1 aromatic heterocycles. The van der Waals surface area contributed by atoms with Gasteiger partial charge in [-0.05, 0) is 19.1 Å². The Kier molecular flexibility index (Phi) is 3.15. The molecule has 0 aliphatic carbocycles. The van der Waals surface area contributed by atoms with Gasteiger partial charge < -0.3 is 9.47 Å². The van der Waals surface area contributed by atoms with Crippen LogP contribution >= 0.6 is 0 Å². The Morgan fingerprint density at radius 2 is 2.06 bits per heavy atom. The van der Waals surface area contributed by atoms with Crippen molar-refractivity contribution in [2.75, 3.05) is 14.2 Å². The minimum absolute atomic E-state index is 0.292. The number of hydrogen-bond donors (Lipinski definition) is 0. The smallest absolute Gasteiger partial charge is 0.186 e. The number of benzene rings is 1. The van der Waals surface area contributed by atoms with Crippen LogP contribution in [0.4, 0.5) is 0 Å². The molecule has 6 heteroatoms. The first-order chi connectivity index (χ1) is 8.71. The lowest BCUT2D eigenvalue weighted by atomic mass is 10.2. The van der Waals surface area contributed by atoms with Crippen molar-refractivity contribution in [1.29, 1.82) is 5.26 Å². The van der Waals surface area contributed by atoms with Crippen LogP contribution in [0, 0.1) is 18.3 Å². The zero-order valence-electron chi connectivity index (χ0n) is 10.3. The maximum Gasteiger partial charge on any atom is 0.186 e. The Hall–Kier alpha value is -2.55. The van der Waals surface area contributed by atoms with E-state index in [1.54, 1.807) is 44.0 Å². The summed E-state index contributed by atoms with van der Waals surface area (Å²) >= 11 is 0. The highest BCUT2D eigenvalue weighted by Crippen LogP contribution is 2.28. The first kappa shape index (κ1) is 11.9.